The van der Waals surface area contributed by atoms with Gasteiger partial charge in [0.15, 0.2) is 0 Å². The topological polar surface area (TPSA) is 91.8 Å². The minimum atomic E-state index is -0.928. The molecule has 0 aliphatic carbocycles. The Bertz CT molecular complexity index is 613. The van der Waals surface area contributed by atoms with Crippen molar-refractivity contribution in [1.29, 1.82) is 0 Å². The fourth-order valence-corrected chi connectivity index (χ4v) is 1.44. The Kier molecular flexibility index (Phi) is 1.82. The van der Waals surface area contributed by atoms with Crippen LogP contribution in [-0.2, 0) is 0 Å². The first-order valence-electron chi connectivity index (χ1n) is 4.06. The van der Waals surface area contributed by atoms with E-state index in [1.807, 2.05) is 0 Å². The number of halogens is 1. The van der Waals surface area contributed by atoms with Gasteiger partial charge in [-0.1, -0.05) is 0 Å². The van der Waals surface area contributed by atoms with Crippen LogP contribution >= 0.6 is 0 Å². The molecule has 1 heterocycles. The van der Waals surface area contributed by atoms with E-state index in [1.54, 1.807) is 0 Å². The molecule has 0 fully saturated rings. The van der Waals surface area contributed by atoms with E-state index >= 15 is 0 Å². The highest BCUT2D eigenvalue weighted by Gasteiger charge is 2.20. The first-order chi connectivity index (χ1) is 7.00. The molecule has 0 radical (unpaired) electrons. The number of aryl methyl sites for hydroxylation is 1. The molecular formula is C8H6FN3O3. The lowest BCUT2D eigenvalue weighted by Crippen LogP contribution is -1.99. The molecule has 2 N–H and O–H groups in total. The van der Waals surface area contributed by atoms with Gasteiger partial charge in [0.2, 0.25) is 5.82 Å². The highest BCUT2D eigenvalue weighted by atomic mass is 19.1. The van der Waals surface area contributed by atoms with Gasteiger partial charge in [0.05, 0.1) is 16.0 Å². The monoisotopic (exact) mass is 211 g/mol. The number of nitro groups is 1. The number of rotatable bonds is 1. The maximum Gasteiger partial charge on any atom is 0.323 e. The standard InChI is InChI=1S/C8H6FN3O3/c1-3-6(9)5(12(14)15)2-4-7(3)11-8(13)10-4/h2H,1H3,(H2,10,11,13). The normalized spacial score (nSPS) is 10.8. The van der Waals surface area contributed by atoms with Crippen LogP contribution in [0.15, 0.2) is 10.9 Å². The number of aromatic amines is 2. The van der Waals surface area contributed by atoms with Crippen molar-refractivity contribution in [3.63, 3.8) is 0 Å². The molecule has 0 atom stereocenters. The molecule has 7 heteroatoms. The lowest BCUT2D eigenvalue weighted by atomic mass is 10.1. The first kappa shape index (κ1) is 9.38. The molecule has 1 aromatic carbocycles. The van der Waals surface area contributed by atoms with E-state index in [2.05, 4.69) is 9.97 Å². The van der Waals surface area contributed by atoms with Crippen LogP contribution in [0.1, 0.15) is 5.56 Å². The van der Waals surface area contributed by atoms with Crippen LogP contribution in [0.25, 0.3) is 11.0 Å². The summed E-state index contributed by atoms with van der Waals surface area (Å²) in [5.74, 6) is -0.928. The molecule has 1 aromatic heterocycles. The Morgan fingerprint density at radius 3 is 2.73 bits per heavy atom. The van der Waals surface area contributed by atoms with E-state index in [9.17, 15) is 19.3 Å². The zero-order valence-electron chi connectivity index (χ0n) is 7.63. The van der Waals surface area contributed by atoms with Gasteiger partial charge in [0, 0.05) is 11.6 Å². The van der Waals surface area contributed by atoms with Gasteiger partial charge in [0.1, 0.15) is 0 Å². The van der Waals surface area contributed by atoms with Crippen molar-refractivity contribution < 1.29 is 9.31 Å². The molecule has 6 nitrogen and oxygen atoms in total. The van der Waals surface area contributed by atoms with Crippen molar-refractivity contribution in [1.82, 2.24) is 9.97 Å². The Balaban J connectivity index is 2.93. The smallest absolute Gasteiger partial charge is 0.305 e. The van der Waals surface area contributed by atoms with Crippen molar-refractivity contribution in [3.8, 4) is 0 Å². The quantitative estimate of drug-likeness (QED) is 0.548. The second-order valence-electron chi connectivity index (χ2n) is 3.09. The third-order valence-corrected chi connectivity index (χ3v) is 2.16. The fraction of sp³-hybridized carbons (Fsp3) is 0.125. The van der Waals surface area contributed by atoms with Crippen molar-refractivity contribution in [2.75, 3.05) is 0 Å². The van der Waals surface area contributed by atoms with Crippen molar-refractivity contribution >= 4 is 16.7 Å². The van der Waals surface area contributed by atoms with Crippen molar-refractivity contribution in [2.45, 2.75) is 6.92 Å². The van der Waals surface area contributed by atoms with Crippen LogP contribution in [0.3, 0.4) is 0 Å². The lowest BCUT2D eigenvalue weighted by Gasteiger charge is -1.98. The van der Waals surface area contributed by atoms with Crippen LogP contribution in [0.5, 0.6) is 0 Å². The summed E-state index contributed by atoms with van der Waals surface area (Å²) in [6.45, 7) is 1.37. The number of hydrogen-bond acceptors (Lipinski definition) is 3. The molecule has 0 spiro atoms. The number of nitrogens with zero attached hydrogens (tertiary/aromatic N) is 1. The zero-order chi connectivity index (χ0) is 11.2. The SMILES string of the molecule is Cc1c(F)c([N+](=O)[O-])cc2[nH]c(=O)[nH]c12. The number of imidazole rings is 1. The van der Waals surface area contributed by atoms with Crippen LogP contribution in [-0.4, -0.2) is 14.9 Å². The molecule has 2 aromatic rings. The van der Waals surface area contributed by atoms with Gasteiger partial charge in [-0.15, -0.1) is 0 Å². The van der Waals surface area contributed by atoms with E-state index in [-0.39, 0.29) is 16.6 Å². The summed E-state index contributed by atoms with van der Waals surface area (Å²) in [5, 5.41) is 10.5. The average Bonchev–Trinajstić information content (AvgIpc) is 2.52. The maximum absolute atomic E-state index is 13.4. The lowest BCUT2D eigenvalue weighted by molar-refractivity contribution is -0.387. The number of benzene rings is 1. The predicted octanol–water partition coefficient (Wildman–Crippen LogP) is 1.21. The van der Waals surface area contributed by atoms with E-state index < -0.39 is 22.1 Å². The number of hydrogen-bond donors (Lipinski definition) is 2. The zero-order valence-corrected chi connectivity index (χ0v) is 7.63. The summed E-state index contributed by atoms with van der Waals surface area (Å²) < 4.78 is 13.4. The summed E-state index contributed by atoms with van der Waals surface area (Å²) in [6.07, 6.45) is 0. The Labute approximate surface area is 81.9 Å². The van der Waals surface area contributed by atoms with Crippen LogP contribution in [0.4, 0.5) is 10.1 Å². The van der Waals surface area contributed by atoms with Gasteiger partial charge in [-0.05, 0) is 6.92 Å². The minimum absolute atomic E-state index is 0.0533. The largest absolute Gasteiger partial charge is 0.323 e. The second kappa shape index (κ2) is 2.91. The Hall–Kier alpha value is -2.18. The summed E-state index contributed by atoms with van der Waals surface area (Å²) in [6, 6.07) is 0.996. The molecule has 78 valence electrons. The summed E-state index contributed by atoms with van der Waals surface area (Å²) in [4.78, 5) is 25.3. The molecule has 0 amide bonds. The summed E-state index contributed by atoms with van der Waals surface area (Å²) >= 11 is 0. The van der Waals surface area contributed by atoms with E-state index in [4.69, 9.17) is 0 Å². The fourth-order valence-electron chi connectivity index (χ4n) is 1.44. The van der Waals surface area contributed by atoms with E-state index in [1.165, 1.54) is 6.92 Å². The number of nitro benzene ring substituents is 1. The Morgan fingerprint density at radius 2 is 2.13 bits per heavy atom. The molecule has 15 heavy (non-hydrogen) atoms. The number of nitrogens with one attached hydrogen (secondary N) is 2. The molecule has 0 aliphatic heterocycles. The van der Waals surface area contributed by atoms with Crippen molar-refractivity contribution in [2.24, 2.45) is 0 Å². The van der Waals surface area contributed by atoms with Gasteiger partial charge in [0.25, 0.3) is 0 Å². The molecule has 0 unspecified atom stereocenters. The summed E-state index contributed by atoms with van der Waals surface area (Å²) in [5.41, 5.74) is -0.630. The first-order valence-corrected chi connectivity index (χ1v) is 4.06. The van der Waals surface area contributed by atoms with Crippen molar-refractivity contribution in [3.05, 3.63) is 38.0 Å². The molecule has 0 aliphatic rings. The predicted molar refractivity (Wildman–Crippen MR) is 50.3 cm³/mol. The van der Waals surface area contributed by atoms with Gasteiger partial charge in [-0.2, -0.15) is 4.39 Å². The second-order valence-corrected chi connectivity index (χ2v) is 3.09. The molecule has 0 saturated carbocycles. The van der Waals surface area contributed by atoms with Gasteiger partial charge in [-0.25, -0.2) is 4.79 Å². The maximum atomic E-state index is 13.4. The highest BCUT2D eigenvalue weighted by Crippen LogP contribution is 2.25. The van der Waals surface area contributed by atoms with E-state index in [0.29, 0.717) is 0 Å². The Morgan fingerprint density at radius 1 is 1.47 bits per heavy atom. The van der Waals surface area contributed by atoms with E-state index in [0.717, 1.165) is 6.07 Å². The average molecular weight is 211 g/mol. The van der Waals surface area contributed by atoms with Gasteiger partial charge in [-0.3, -0.25) is 10.1 Å². The number of fused-ring (bicyclic) bond motifs is 1. The molecule has 0 saturated heterocycles. The van der Waals surface area contributed by atoms with Gasteiger partial charge < -0.3 is 9.97 Å². The molecule has 2 rings (SSSR count). The minimum Gasteiger partial charge on any atom is -0.305 e. The number of aromatic nitrogens is 2. The third kappa shape index (κ3) is 1.28. The van der Waals surface area contributed by atoms with Gasteiger partial charge >= 0.3 is 11.4 Å². The summed E-state index contributed by atoms with van der Waals surface area (Å²) in [7, 11) is 0. The molecule has 0 bridgehead atoms. The molecular weight excluding hydrogens is 205 g/mol. The number of H-pyrrole nitrogens is 2. The highest BCUT2D eigenvalue weighted by molar-refractivity contribution is 5.81. The third-order valence-electron chi connectivity index (χ3n) is 2.16. The van der Waals surface area contributed by atoms with Crippen LogP contribution in [0, 0.1) is 22.9 Å². The van der Waals surface area contributed by atoms with Crippen LogP contribution in [0.2, 0.25) is 0 Å². The van der Waals surface area contributed by atoms with Crippen LogP contribution < -0.4 is 5.69 Å².